The Kier molecular flexibility index (Phi) is 7.48. The molecule has 0 bridgehead atoms. The van der Waals surface area contributed by atoms with Crippen molar-refractivity contribution in [3.63, 3.8) is 0 Å². The summed E-state index contributed by atoms with van der Waals surface area (Å²) in [6, 6.07) is 13.5. The molecule has 3 unspecified atom stereocenters. The highest BCUT2D eigenvalue weighted by atomic mass is 32.2. The van der Waals surface area contributed by atoms with Crippen LogP contribution in [0.4, 0.5) is 10.5 Å². The van der Waals surface area contributed by atoms with Gasteiger partial charge in [0, 0.05) is 18.8 Å². The van der Waals surface area contributed by atoms with Crippen molar-refractivity contribution in [3.8, 4) is 0 Å². The van der Waals surface area contributed by atoms with E-state index in [1.54, 1.807) is 17.0 Å². The number of aryl methyl sites for hydroxylation is 1. The smallest absolute Gasteiger partial charge is 0.325 e. The van der Waals surface area contributed by atoms with Crippen LogP contribution in [0.3, 0.4) is 0 Å². The average molecular weight is 589 g/mol. The van der Waals surface area contributed by atoms with E-state index < -0.39 is 44.5 Å². The molecule has 1 aliphatic heterocycles. The van der Waals surface area contributed by atoms with Gasteiger partial charge in [-0.15, -0.1) is 0 Å². The number of fused-ring (bicyclic) bond motifs is 2. The van der Waals surface area contributed by atoms with E-state index in [0.717, 1.165) is 33.9 Å². The first-order chi connectivity index (χ1) is 18.9. The summed E-state index contributed by atoms with van der Waals surface area (Å²) in [5.41, 5.74) is 0.997. The largest absolute Gasteiger partial charge is 0.334 e. The summed E-state index contributed by atoms with van der Waals surface area (Å²) in [7, 11) is -3.60. The topological polar surface area (TPSA) is 144 Å². The van der Waals surface area contributed by atoms with Gasteiger partial charge in [-0.05, 0) is 67.3 Å². The molecule has 3 aliphatic rings. The first-order valence-corrected chi connectivity index (χ1v) is 16.2. The van der Waals surface area contributed by atoms with Gasteiger partial charge in [-0.25, -0.2) is 17.4 Å². The lowest BCUT2D eigenvalue weighted by Gasteiger charge is -2.31. The monoisotopic (exact) mass is 588 g/mol. The molecule has 4 amide bonds. The zero-order valence-corrected chi connectivity index (χ0v) is 23.9. The van der Waals surface area contributed by atoms with E-state index in [1.165, 1.54) is 6.07 Å². The minimum atomic E-state index is -3.60. The number of rotatable bonds is 10. The average Bonchev–Trinajstić information content (AvgIpc) is 3.66. The van der Waals surface area contributed by atoms with Gasteiger partial charge in [0.2, 0.25) is 5.91 Å². The lowest BCUT2D eigenvalue weighted by atomic mass is 9.91. The molecule has 2 aliphatic carbocycles. The molecule has 11 nitrogen and oxygen atoms in total. The van der Waals surface area contributed by atoms with Gasteiger partial charge in [0.15, 0.2) is 9.84 Å². The van der Waals surface area contributed by atoms with Gasteiger partial charge < -0.3 is 10.2 Å². The van der Waals surface area contributed by atoms with Gasteiger partial charge in [-0.2, -0.15) is 0 Å². The Bertz CT molecular complexity index is 1480. The molecule has 1 saturated carbocycles. The second kappa shape index (κ2) is 10.6. The minimum absolute atomic E-state index is 0.0278. The SMILES string of the molecule is CC(C1CC1)N(Cc1ccccc1)C(=O)CN1C(=O)NC2(CCc3cc(N(CS(C)(=O)=O)S(=O)O)ccc32)C1=O. The Labute approximate surface area is 235 Å². The van der Waals surface area contributed by atoms with Gasteiger partial charge in [0.25, 0.3) is 17.2 Å². The maximum Gasteiger partial charge on any atom is 0.325 e. The number of amides is 4. The molecule has 1 spiro atoms. The van der Waals surface area contributed by atoms with Crippen molar-refractivity contribution in [2.24, 2.45) is 5.92 Å². The van der Waals surface area contributed by atoms with Crippen LogP contribution in [-0.4, -0.2) is 69.5 Å². The van der Waals surface area contributed by atoms with Crippen LogP contribution in [0.1, 0.15) is 42.9 Å². The van der Waals surface area contributed by atoms with Gasteiger partial charge in [0.05, 0.1) is 5.69 Å². The Morgan fingerprint density at radius 2 is 1.90 bits per heavy atom. The number of imide groups is 1. The Morgan fingerprint density at radius 3 is 2.52 bits per heavy atom. The third-order valence-electron chi connectivity index (χ3n) is 7.93. The summed E-state index contributed by atoms with van der Waals surface area (Å²) in [6.07, 6.45) is 3.67. The summed E-state index contributed by atoms with van der Waals surface area (Å²) in [5, 5.41) is 2.80. The summed E-state index contributed by atoms with van der Waals surface area (Å²) in [5.74, 6) is -1.09. The van der Waals surface area contributed by atoms with Gasteiger partial charge in [0.1, 0.15) is 18.0 Å². The molecular weight excluding hydrogens is 556 g/mol. The Morgan fingerprint density at radius 1 is 1.20 bits per heavy atom. The van der Waals surface area contributed by atoms with Crippen molar-refractivity contribution in [3.05, 3.63) is 65.2 Å². The van der Waals surface area contributed by atoms with E-state index >= 15 is 0 Å². The van der Waals surface area contributed by atoms with Crippen LogP contribution >= 0.6 is 0 Å². The highest BCUT2D eigenvalue weighted by Gasteiger charge is 2.56. The molecule has 5 rings (SSSR count). The molecule has 0 aromatic heterocycles. The first kappa shape index (κ1) is 28.2. The number of nitrogens with one attached hydrogen (secondary N) is 1. The Balaban J connectivity index is 1.37. The van der Waals surface area contributed by atoms with Crippen LogP contribution in [0.15, 0.2) is 48.5 Å². The number of nitrogens with zero attached hydrogens (tertiary/aromatic N) is 3. The number of sulfone groups is 1. The molecular formula is C27H32N4O7S2. The third kappa shape index (κ3) is 5.50. The second-order valence-electron chi connectivity index (χ2n) is 10.8. The minimum Gasteiger partial charge on any atom is -0.334 e. The molecule has 0 radical (unpaired) electrons. The maximum atomic E-state index is 13.7. The van der Waals surface area contributed by atoms with Crippen molar-refractivity contribution in [1.29, 1.82) is 0 Å². The maximum absolute atomic E-state index is 13.7. The number of anilines is 1. The Hall–Kier alpha value is -3.29. The number of carbonyl (C=O) groups excluding carboxylic acids is 3. The lowest BCUT2D eigenvalue weighted by Crippen LogP contribution is -2.47. The van der Waals surface area contributed by atoms with Crippen LogP contribution in [-0.2, 0) is 49.2 Å². The quantitative estimate of drug-likeness (QED) is 0.320. The van der Waals surface area contributed by atoms with E-state index in [1.807, 2.05) is 37.3 Å². The van der Waals surface area contributed by atoms with E-state index in [0.29, 0.717) is 30.0 Å². The molecule has 214 valence electrons. The number of benzene rings is 2. The van der Waals surface area contributed by atoms with Crippen molar-refractivity contribution >= 4 is 44.6 Å². The van der Waals surface area contributed by atoms with Crippen LogP contribution in [0.2, 0.25) is 0 Å². The van der Waals surface area contributed by atoms with E-state index in [-0.39, 0.29) is 30.6 Å². The standard InChI is InChI=1S/C27H32N4O7S2/c1-18(20-8-9-20)29(15-19-6-4-3-5-7-19)24(32)16-30-25(33)27(28-26(30)34)13-12-21-14-22(10-11-23(21)27)31(39(35)36)17-40(2,37)38/h3-7,10-11,14,18,20H,8-9,12-13,15-17H2,1-2H3,(H,28,34)(H,35,36). The third-order valence-corrected chi connectivity index (χ3v) is 9.53. The fourth-order valence-electron chi connectivity index (χ4n) is 5.66. The molecule has 13 heteroatoms. The molecule has 1 saturated heterocycles. The molecule has 2 N–H and O–H groups in total. The molecule has 40 heavy (non-hydrogen) atoms. The van der Waals surface area contributed by atoms with E-state index in [9.17, 15) is 31.6 Å². The van der Waals surface area contributed by atoms with Crippen LogP contribution in [0.5, 0.6) is 0 Å². The van der Waals surface area contributed by atoms with Crippen molar-refractivity contribution in [2.45, 2.75) is 50.7 Å². The summed E-state index contributed by atoms with van der Waals surface area (Å²) in [6.45, 7) is 2.01. The number of hydrogen-bond donors (Lipinski definition) is 2. The van der Waals surface area contributed by atoms with E-state index in [2.05, 4.69) is 5.32 Å². The molecule has 3 atom stereocenters. The predicted octanol–water partition coefficient (Wildman–Crippen LogP) is 2.15. The van der Waals surface area contributed by atoms with Crippen molar-refractivity contribution in [2.75, 3.05) is 23.0 Å². The zero-order chi connectivity index (χ0) is 28.8. The summed E-state index contributed by atoms with van der Waals surface area (Å²) < 4.78 is 45.9. The molecule has 2 fully saturated rings. The fourth-order valence-corrected chi connectivity index (χ4v) is 7.46. The van der Waals surface area contributed by atoms with Gasteiger partial charge in [-0.3, -0.25) is 23.3 Å². The highest BCUT2D eigenvalue weighted by Crippen LogP contribution is 2.43. The van der Waals surface area contributed by atoms with Crippen molar-refractivity contribution < 1.29 is 31.6 Å². The molecule has 2 aromatic carbocycles. The molecule has 2 aromatic rings. The summed E-state index contributed by atoms with van der Waals surface area (Å²) >= 11 is -2.59. The predicted molar refractivity (Wildman–Crippen MR) is 149 cm³/mol. The number of urea groups is 1. The first-order valence-electron chi connectivity index (χ1n) is 13.1. The van der Waals surface area contributed by atoms with Crippen LogP contribution < -0.4 is 9.62 Å². The normalized spacial score (nSPS) is 21.7. The van der Waals surface area contributed by atoms with Gasteiger partial charge in [-0.1, -0.05) is 36.4 Å². The zero-order valence-electron chi connectivity index (χ0n) is 22.3. The molecule has 1 heterocycles. The number of hydrogen-bond acceptors (Lipinski definition) is 6. The summed E-state index contributed by atoms with van der Waals surface area (Å²) in [4.78, 5) is 43.1. The highest BCUT2D eigenvalue weighted by molar-refractivity contribution is 7.92. The fraction of sp³-hybridized carbons (Fsp3) is 0.444. The van der Waals surface area contributed by atoms with Crippen LogP contribution in [0, 0.1) is 5.92 Å². The lowest BCUT2D eigenvalue weighted by molar-refractivity contribution is -0.141. The van der Waals surface area contributed by atoms with E-state index in [4.69, 9.17) is 0 Å². The number of carbonyl (C=O) groups is 3. The van der Waals surface area contributed by atoms with Gasteiger partial charge >= 0.3 is 6.03 Å². The van der Waals surface area contributed by atoms with Crippen LogP contribution in [0.25, 0.3) is 0 Å². The second-order valence-corrected chi connectivity index (χ2v) is 13.8. The van der Waals surface area contributed by atoms with Crippen molar-refractivity contribution in [1.82, 2.24) is 15.1 Å².